The highest BCUT2D eigenvalue weighted by Crippen LogP contribution is 2.16. The third kappa shape index (κ3) is 1.21. The van der Waals surface area contributed by atoms with Crippen molar-refractivity contribution >= 4 is 5.71 Å². The van der Waals surface area contributed by atoms with Gasteiger partial charge < -0.3 is 0 Å². The first-order valence-corrected chi connectivity index (χ1v) is 3.46. The molecule has 50 valence electrons. The molecule has 0 aliphatic carbocycles. The first-order chi connectivity index (χ1) is 4.24. The maximum Gasteiger partial charge on any atom is 0.0710 e. The molecule has 0 spiro atoms. The van der Waals surface area contributed by atoms with Crippen LogP contribution >= 0.6 is 0 Å². The second kappa shape index (κ2) is 2.34. The van der Waals surface area contributed by atoms with Crippen LogP contribution in [0.5, 0.6) is 0 Å². The molecule has 1 nitrogen and oxygen atoms in total. The van der Waals surface area contributed by atoms with Crippen molar-refractivity contribution in [2.75, 3.05) is 0 Å². The summed E-state index contributed by atoms with van der Waals surface area (Å²) in [7, 11) is 0. The Morgan fingerprint density at radius 1 is 1.56 bits per heavy atom. The topological polar surface area (TPSA) is 12.4 Å². The highest BCUT2D eigenvalue weighted by atomic mass is 14.8. The Labute approximate surface area is 56.5 Å². The van der Waals surface area contributed by atoms with Crippen molar-refractivity contribution < 1.29 is 0 Å². The zero-order valence-corrected chi connectivity index (χ0v) is 6.31. The molecule has 1 aliphatic rings. The predicted molar refractivity (Wildman–Crippen MR) is 40.9 cm³/mol. The zero-order valence-electron chi connectivity index (χ0n) is 6.31. The van der Waals surface area contributed by atoms with Gasteiger partial charge in [-0.25, -0.2) is 0 Å². The highest BCUT2D eigenvalue weighted by Gasteiger charge is 2.11. The maximum atomic E-state index is 4.41. The molecule has 1 atom stereocenters. The number of rotatable bonds is 1. The van der Waals surface area contributed by atoms with Crippen LogP contribution in [0.3, 0.4) is 0 Å². The van der Waals surface area contributed by atoms with Crippen molar-refractivity contribution in [1.29, 1.82) is 0 Å². The van der Waals surface area contributed by atoms with E-state index in [1.807, 2.05) is 0 Å². The molecule has 0 radical (unpaired) electrons. The van der Waals surface area contributed by atoms with Crippen molar-refractivity contribution in [3.8, 4) is 0 Å². The lowest BCUT2D eigenvalue weighted by Gasteiger charge is -2.02. The van der Waals surface area contributed by atoms with Crippen molar-refractivity contribution in [1.82, 2.24) is 0 Å². The van der Waals surface area contributed by atoms with E-state index in [4.69, 9.17) is 0 Å². The number of allylic oxidation sites excluding steroid dienone is 1. The van der Waals surface area contributed by atoms with E-state index in [1.165, 1.54) is 11.3 Å². The lowest BCUT2D eigenvalue weighted by molar-refractivity contribution is 0.756. The first-order valence-electron chi connectivity index (χ1n) is 3.46. The number of hydrogen-bond acceptors (Lipinski definition) is 1. The summed E-state index contributed by atoms with van der Waals surface area (Å²) in [6.07, 6.45) is 3.30. The summed E-state index contributed by atoms with van der Waals surface area (Å²) >= 11 is 0. The summed E-state index contributed by atoms with van der Waals surface area (Å²) < 4.78 is 0. The fraction of sp³-hybridized carbons (Fsp3) is 0.625. The SMILES string of the molecule is CCC1N=C(C)C=C1C. The minimum absolute atomic E-state index is 0.491. The molecule has 0 aromatic carbocycles. The van der Waals surface area contributed by atoms with Gasteiger partial charge in [0.05, 0.1) is 6.04 Å². The third-order valence-electron chi connectivity index (χ3n) is 1.71. The van der Waals surface area contributed by atoms with Crippen LogP contribution in [0.4, 0.5) is 0 Å². The van der Waals surface area contributed by atoms with Gasteiger partial charge >= 0.3 is 0 Å². The molecule has 0 bridgehead atoms. The first kappa shape index (κ1) is 6.53. The minimum Gasteiger partial charge on any atom is -0.282 e. The molecule has 0 amide bonds. The second-order valence-electron chi connectivity index (χ2n) is 2.58. The fourth-order valence-electron chi connectivity index (χ4n) is 1.22. The van der Waals surface area contributed by atoms with Crippen LogP contribution < -0.4 is 0 Å². The van der Waals surface area contributed by atoms with E-state index in [-0.39, 0.29) is 0 Å². The van der Waals surface area contributed by atoms with Gasteiger partial charge in [-0.15, -0.1) is 0 Å². The van der Waals surface area contributed by atoms with Crippen LogP contribution in [0.2, 0.25) is 0 Å². The van der Waals surface area contributed by atoms with Crippen molar-refractivity contribution in [3.63, 3.8) is 0 Å². The second-order valence-corrected chi connectivity index (χ2v) is 2.58. The molecule has 1 rings (SSSR count). The molecule has 0 aromatic rings. The molecule has 1 heterocycles. The molecule has 9 heavy (non-hydrogen) atoms. The number of hydrogen-bond donors (Lipinski definition) is 0. The summed E-state index contributed by atoms with van der Waals surface area (Å²) in [5, 5.41) is 0. The summed E-state index contributed by atoms with van der Waals surface area (Å²) in [6, 6.07) is 0.491. The predicted octanol–water partition coefficient (Wildman–Crippen LogP) is 2.19. The standard InChI is InChI=1S/C8H13N/c1-4-8-6(2)5-7(3)9-8/h5,8H,4H2,1-3H3. The quantitative estimate of drug-likeness (QED) is 0.506. The Morgan fingerprint density at radius 2 is 2.22 bits per heavy atom. The lowest BCUT2D eigenvalue weighted by Crippen LogP contribution is -1.98. The van der Waals surface area contributed by atoms with Crippen LogP contribution in [-0.2, 0) is 0 Å². The van der Waals surface area contributed by atoms with Gasteiger partial charge in [-0.2, -0.15) is 0 Å². The number of aliphatic imine (C=N–C) groups is 1. The molecule has 1 aliphatic heterocycles. The smallest absolute Gasteiger partial charge is 0.0710 e. The van der Waals surface area contributed by atoms with Crippen LogP contribution in [0.25, 0.3) is 0 Å². The van der Waals surface area contributed by atoms with Crippen molar-refractivity contribution in [2.45, 2.75) is 33.2 Å². The van der Waals surface area contributed by atoms with Gasteiger partial charge in [0.2, 0.25) is 0 Å². The van der Waals surface area contributed by atoms with Crippen molar-refractivity contribution in [3.05, 3.63) is 11.6 Å². The molecular formula is C8H13N. The third-order valence-corrected chi connectivity index (χ3v) is 1.71. The lowest BCUT2D eigenvalue weighted by atomic mass is 10.1. The Kier molecular flexibility index (Phi) is 1.70. The van der Waals surface area contributed by atoms with E-state index in [0.29, 0.717) is 6.04 Å². The van der Waals surface area contributed by atoms with Crippen LogP contribution in [-0.4, -0.2) is 11.8 Å². The molecule has 1 heteroatoms. The number of nitrogens with zero attached hydrogens (tertiary/aromatic N) is 1. The molecule has 0 saturated carbocycles. The molecule has 0 fully saturated rings. The maximum absolute atomic E-state index is 4.41. The van der Waals surface area contributed by atoms with E-state index in [1.54, 1.807) is 0 Å². The molecule has 0 N–H and O–H groups in total. The summed E-state index contributed by atoms with van der Waals surface area (Å²) in [6.45, 7) is 6.37. The summed E-state index contributed by atoms with van der Waals surface area (Å²) in [5.74, 6) is 0. The highest BCUT2D eigenvalue weighted by molar-refractivity contribution is 5.95. The molecule has 1 unspecified atom stereocenters. The average Bonchev–Trinajstić information content (AvgIpc) is 2.10. The Bertz CT molecular complexity index is 165. The van der Waals surface area contributed by atoms with Gasteiger partial charge in [-0.1, -0.05) is 6.92 Å². The summed E-state index contributed by atoms with van der Waals surface area (Å²) in [5.41, 5.74) is 2.59. The molecule has 0 saturated heterocycles. The van der Waals surface area contributed by atoms with Crippen LogP contribution in [0.1, 0.15) is 27.2 Å². The largest absolute Gasteiger partial charge is 0.282 e. The van der Waals surface area contributed by atoms with E-state index in [9.17, 15) is 0 Å². The van der Waals surface area contributed by atoms with Gasteiger partial charge in [0, 0.05) is 5.71 Å². The molecule has 0 aromatic heterocycles. The Morgan fingerprint density at radius 3 is 2.44 bits per heavy atom. The van der Waals surface area contributed by atoms with E-state index >= 15 is 0 Å². The Hall–Kier alpha value is -0.590. The monoisotopic (exact) mass is 123 g/mol. The minimum atomic E-state index is 0.491. The van der Waals surface area contributed by atoms with Crippen molar-refractivity contribution in [2.24, 2.45) is 4.99 Å². The van der Waals surface area contributed by atoms with Gasteiger partial charge in [0.25, 0.3) is 0 Å². The van der Waals surface area contributed by atoms with E-state index in [2.05, 4.69) is 31.8 Å². The summed E-state index contributed by atoms with van der Waals surface area (Å²) in [4.78, 5) is 4.41. The normalized spacial score (nSPS) is 25.9. The van der Waals surface area contributed by atoms with E-state index in [0.717, 1.165) is 6.42 Å². The van der Waals surface area contributed by atoms with Crippen LogP contribution in [0, 0.1) is 0 Å². The molecular weight excluding hydrogens is 110 g/mol. The fourth-order valence-corrected chi connectivity index (χ4v) is 1.22. The van der Waals surface area contributed by atoms with Gasteiger partial charge in [-0.3, -0.25) is 4.99 Å². The van der Waals surface area contributed by atoms with Gasteiger partial charge in [-0.05, 0) is 31.9 Å². The average molecular weight is 123 g/mol. The zero-order chi connectivity index (χ0) is 6.85. The van der Waals surface area contributed by atoms with Gasteiger partial charge in [0.1, 0.15) is 0 Å². The van der Waals surface area contributed by atoms with Crippen LogP contribution in [0.15, 0.2) is 16.6 Å². The Balaban J connectivity index is 2.70. The van der Waals surface area contributed by atoms with Gasteiger partial charge in [0.15, 0.2) is 0 Å². The van der Waals surface area contributed by atoms with E-state index < -0.39 is 0 Å².